The Morgan fingerprint density at radius 3 is 2.58 bits per heavy atom. The van der Waals surface area contributed by atoms with E-state index in [0.29, 0.717) is 18.2 Å². The molecule has 2 N–H and O–H groups in total. The van der Waals surface area contributed by atoms with Gasteiger partial charge in [0.05, 0.1) is 11.5 Å². The van der Waals surface area contributed by atoms with E-state index in [1.807, 2.05) is 19.1 Å². The molecule has 128 valence electrons. The maximum Gasteiger partial charge on any atom is 0.353 e. The van der Waals surface area contributed by atoms with Crippen LogP contribution >= 0.6 is 11.6 Å². The van der Waals surface area contributed by atoms with Crippen molar-refractivity contribution in [2.24, 2.45) is 0 Å². The average molecular weight is 352 g/mol. The van der Waals surface area contributed by atoms with E-state index in [1.165, 1.54) is 6.33 Å². The van der Waals surface area contributed by atoms with Crippen molar-refractivity contribution in [2.75, 3.05) is 24.4 Å². The monoisotopic (exact) mass is 351 g/mol. The zero-order chi connectivity index (χ0) is 17.5. The van der Waals surface area contributed by atoms with Gasteiger partial charge in [-0.3, -0.25) is 10.1 Å². The molecule has 0 amide bonds. The number of rotatable bonds is 8. The number of hydrogen-bond acceptors (Lipinski definition) is 7. The van der Waals surface area contributed by atoms with Crippen LogP contribution in [0.3, 0.4) is 0 Å². The average Bonchev–Trinajstić information content (AvgIpc) is 2.54. The van der Waals surface area contributed by atoms with Crippen molar-refractivity contribution in [3.63, 3.8) is 0 Å². The number of nitro groups is 1. The second-order valence-electron chi connectivity index (χ2n) is 5.16. The lowest BCUT2D eigenvalue weighted by Crippen LogP contribution is -2.22. The molecule has 0 bridgehead atoms. The number of nitrogens with one attached hydrogen (secondary N) is 2. The van der Waals surface area contributed by atoms with E-state index in [2.05, 4.69) is 20.6 Å². The third-order valence-electron chi connectivity index (χ3n) is 3.18. The molecule has 0 aliphatic carbocycles. The summed E-state index contributed by atoms with van der Waals surface area (Å²) in [6.45, 7) is 2.62. The lowest BCUT2D eigenvalue weighted by molar-refractivity contribution is -0.383. The van der Waals surface area contributed by atoms with E-state index in [4.69, 9.17) is 16.3 Å². The van der Waals surface area contributed by atoms with Gasteiger partial charge in [-0.05, 0) is 24.6 Å². The molecule has 2 aromatic rings. The van der Waals surface area contributed by atoms with Gasteiger partial charge in [-0.15, -0.1) is 0 Å². The summed E-state index contributed by atoms with van der Waals surface area (Å²) in [6, 6.07) is 7.05. The number of methoxy groups -OCH3 is 1. The molecule has 0 aliphatic heterocycles. The molecule has 1 aromatic carbocycles. The van der Waals surface area contributed by atoms with Crippen LogP contribution < -0.4 is 10.6 Å². The normalized spacial score (nSPS) is 11.8. The molecular weight excluding hydrogens is 334 g/mol. The van der Waals surface area contributed by atoms with Gasteiger partial charge in [0.25, 0.3) is 0 Å². The predicted octanol–water partition coefficient (Wildman–Crippen LogP) is 3.10. The Balaban J connectivity index is 2.19. The minimum absolute atomic E-state index is 0.132. The second-order valence-corrected chi connectivity index (χ2v) is 5.59. The summed E-state index contributed by atoms with van der Waals surface area (Å²) in [5.74, 6) is 0.301. The van der Waals surface area contributed by atoms with Crippen molar-refractivity contribution in [2.45, 2.75) is 19.5 Å². The Morgan fingerprint density at radius 1 is 1.29 bits per heavy atom. The van der Waals surface area contributed by atoms with Crippen LogP contribution in [0.5, 0.6) is 0 Å². The first-order valence-corrected chi connectivity index (χ1v) is 7.62. The zero-order valence-electron chi connectivity index (χ0n) is 13.3. The van der Waals surface area contributed by atoms with Crippen LogP contribution in [0.15, 0.2) is 30.6 Å². The minimum atomic E-state index is -0.508. The second kappa shape index (κ2) is 8.42. The van der Waals surface area contributed by atoms with Crippen LogP contribution in [-0.2, 0) is 11.3 Å². The Hall–Kier alpha value is -2.45. The summed E-state index contributed by atoms with van der Waals surface area (Å²) < 4.78 is 5.02. The Bertz CT molecular complexity index is 696. The molecule has 0 fully saturated rings. The van der Waals surface area contributed by atoms with E-state index in [-0.39, 0.29) is 23.4 Å². The zero-order valence-corrected chi connectivity index (χ0v) is 14.1. The van der Waals surface area contributed by atoms with Crippen LogP contribution in [-0.4, -0.2) is 34.6 Å². The first kappa shape index (κ1) is 17.9. The van der Waals surface area contributed by atoms with E-state index in [0.717, 1.165) is 5.56 Å². The van der Waals surface area contributed by atoms with Crippen molar-refractivity contribution in [1.82, 2.24) is 9.97 Å². The molecule has 1 aromatic heterocycles. The highest BCUT2D eigenvalue weighted by atomic mass is 35.5. The predicted molar refractivity (Wildman–Crippen MR) is 92.4 cm³/mol. The van der Waals surface area contributed by atoms with Gasteiger partial charge < -0.3 is 15.4 Å². The van der Waals surface area contributed by atoms with Gasteiger partial charge in [-0.1, -0.05) is 23.7 Å². The lowest BCUT2D eigenvalue weighted by atomic mass is 10.2. The van der Waals surface area contributed by atoms with Crippen LogP contribution in [0.2, 0.25) is 5.02 Å². The Morgan fingerprint density at radius 2 is 1.96 bits per heavy atom. The minimum Gasteiger partial charge on any atom is -0.383 e. The fraction of sp³-hybridized carbons (Fsp3) is 0.333. The SMILES string of the molecule is COCC(C)Nc1ncnc(NCc2ccc(Cl)cc2)c1[N+](=O)[O-]. The maximum atomic E-state index is 11.4. The molecule has 2 rings (SSSR count). The first-order chi connectivity index (χ1) is 11.5. The molecule has 1 heterocycles. The maximum absolute atomic E-state index is 11.4. The van der Waals surface area contributed by atoms with Crippen LogP contribution in [0.25, 0.3) is 0 Å². The number of nitrogens with zero attached hydrogens (tertiary/aromatic N) is 3. The van der Waals surface area contributed by atoms with Crippen molar-refractivity contribution < 1.29 is 9.66 Å². The first-order valence-electron chi connectivity index (χ1n) is 7.24. The Labute approximate surface area is 144 Å². The fourth-order valence-corrected chi connectivity index (χ4v) is 2.23. The van der Waals surface area contributed by atoms with Gasteiger partial charge in [-0.2, -0.15) is 0 Å². The summed E-state index contributed by atoms with van der Waals surface area (Å²) in [6.07, 6.45) is 1.28. The lowest BCUT2D eigenvalue weighted by Gasteiger charge is -2.14. The molecule has 0 saturated heterocycles. The number of hydrogen-bond donors (Lipinski definition) is 2. The van der Waals surface area contributed by atoms with Crippen LogP contribution in [0, 0.1) is 10.1 Å². The summed E-state index contributed by atoms with van der Waals surface area (Å²) in [5.41, 5.74) is 0.726. The summed E-state index contributed by atoms with van der Waals surface area (Å²) in [4.78, 5) is 18.9. The summed E-state index contributed by atoms with van der Waals surface area (Å²) in [5, 5.41) is 18.0. The van der Waals surface area contributed by atoms with Crippen molar-refractivity contribution in [1.29, 1.82) is 0 Å². The molecule has 0 radical (unpaired) electrons. The van der Waals surface area contributed by atoms with Crippen molar-refractivity contribution in [3.05, 3.63) is 51.3 Å². The molecule has 1 unspecified atom stereocenters. The molecular formula is C15H18ClN5O3. The van der Waals surface area contributed by atoms with Gasteiger partial charge in [0.15, 0.2) is 0 Å². The van der Waals surface area contributed by atoms with Gasteiger partial charge in [0.2, 0.25) is 11.6 Å². The smallest absolute Gasteiger partial charge is 0.353 e. The quantitative estimate of drug-likeness (QED) is 0.556. The van der Waals surface area contributed by atoms with E-state index in [1.54, 1.807) is 19.2 Å². The van der Waals surface area contributed by atoms with Gasteiger partial charge in [0.1, 0.15) is 6.33 Å². The number of aromatic nitrogens is 2. The highest BCUT2D eigenvalue weighted by molar-refractivity contribution is 6.30. The molecule has 0 aliphatic rings. The van der Waals surface area contributed by atoms with Gasteiger partial charge >= 0.3 is 5.69 Å². The van der Waals surface area contributed by atoms with Crippen molar-refractivity contribution >= 4 is 28.9 Å². The number of anilines is 2. The highest BCUT2D eigenvalue weighted by Gasteiger charge is 2.23. The summed E-state index contributed by atoms with van der Waals surface area (Å²) in [7, 11) is 1.56. The summed E-state index contributed by atoms with van der Waals surface area (Å²) >= 11 is 5.84. The molecule has 1 atom stereocenters. The number of ether oxygens (including phenoxy) is 1. The molecule has 9 heteroatoms. The van der Waals surface area contributed by atoms with Crippen LogP contribution in [0.1, 0.15) is 12.5 Å². The van der Waals surface area contributed by atoms with E-state index >= 15 is 0 Å². The topological polar surface area (TPSA) is 102 Å². The highest BCUT2D eigenvalue weighted by Crippen LogP contribution is 2.29. The van der Waals surface area contributed by atoms with E-state index in [9.17, 15) is 10.1 Å². The number of benzene rings is 1. The van der Waals surface area contributed by atoms with Gasteiger partial charge in [0, 0.05) is 24.7 Å². The molecule has 0 spiro atoms. The van der Waals surface area contributed by atoms with E-state index < -0.39 is 4.92 Å². The molecule has 8 nitrogen and oxygen atoms in total. The largest absolute Gasteiger partial charge is 0.383 e. The standard InChI is InChI=1S/C15H18ClN5O3/c1-10(8-24-2)20-15-13(21(22)23)14(18-9-19-15)17-7-11-3-5-12(16)6-4-11/h3-6,9-10H,7-8H2,1-2H3,(H2,17,18,19,20). The fourth-order valence-electron chi connectivity index (χ4n) is 2.10. The third-order valence-corrected chi connectivity index (χ3v) is 3.43. The van der Waals surface area contributed by atoms with Gasteiger partial charge in [-0.25, -0.2) is 9.97 Å². The molecule has 24 heavy (non-hydrogen) atoms. The Kier molecular flexibility index (Phi) is 6.28. The van der Waals surface area contributed by atoms with Crippen molar-refractivity contribution in [3.8, 4) is 0 Å². The van der Waals surface area contributed by atoms with Crippen LogP contribution in [0.4, 0.5) is 17.3 Å². The molecule has 0 saturated carbocycles. The number of halogens is 1. The third kappa shape index (κ3) is 4.77.